The molecule has 8 nitrogen and oxygen atoms in total. The molecular formula is C22H25N5O3S. The topological polar surface area (TPSA) is 105 Å². The Bertz CT molecular complexity index is 1180. The molecule has 1 saturated carbocycles. The molecule has 3 N–H and O–H groups in total. The average Bonchev–Trinajstić information content (AvgIpc) is 3.49. The van der Waals surface area contributed by atoms with E-state index in [1.807, 2.05) is 36.7 Å². The Balaban J connectivity index is 1.32. The molecule has 3 aromatic rings. The summed E-state index contributed by atoms with van der Waals surface area (Å²) in [6.07, 6.45) is 1.77. The number of hydrogen-bond acceptors (Lipinski definition) is 5. The molecule has 0 aliphatic heterocycles. The van der Waals surface area contributed by atoms with Gasteiger partial charge in [0.2, 0.25) is 10.0 Å². The summed E-state index contributed by atoms with van der Waals surface area (Å²) in [6.45, 7) is 4.62. The fourth-order valence-corrected chi connectivity index (χ4v) is 4.48. The largest absolute Gasteiger partial charge is 0.298 e. The molecule has 1 aromatic heterocycles. The molecule has 31 heavy (non-hydrogen) atoms. The first kappa shape index (κ1) is 21.1. The molecule has 2 aromatic carbocycles. The number of amides is 1. The lowest BCUT2D eigenvalue weighted by Gasteiger charge is -2.11. The average molecular weight is 440 g/mol. The summed E-state index contributed by atoms with van der Waals surface area (Å²) in [6, 6.07) is 15.6. The fourth-order valence-electron chi connectivity index (χ4n) is 3.18. The van der Waals surface area contributed by atoms with E-state index < -0.39 is 10.0 Å². The fraction of sp³-hybridized carbons (Fsp3) is 0.273. The van der Waals surface area contributed by atoms with Gasteiger partial charge in [-0.15, -0.1) is 0 Å². The molecule has 0 spiro atoms. The van der Waals surface area contributed by atoms with Crippen LogP contribution in [0.5, 0.6) is 0 Å². The molecule has 162 valence electrons. The number of benzene rings is 2. The third-order valence-electron chi connectivity index (χ3n) is 5.04. The standard InChI is InChI=1S/C22H25N5O3S/c1-15-13-16(2)27(25-15)14-17-3-5-18(6-4-17)22(28)24-23-19-9-11-21(12-10-19)31(29,30)26-20-7-8-20/h3-6,9-13,20,23,26H,7-8,14H2,1-2H3,(H,24,28). The zero-order valence-corrected chi connectivity index (χ0v) is 18.2. The summed E-state index contributed by atoms with van der Waals surface area (Å²) in [4.78, 5) is 12.6. The van der Waals surface area contributed by atoms with Crippen LogP contribution >= 0.6 is 0 Å². The molecule has 1 amide bonds. The Morgan fingerprint density at radius 1 is 1.06 bits per heavy atom. The summed E-state index contributed by atoms with van der Waals surface area (Å²) in [5.41, 5.74) is 9.64. The number of carbonyl (C=O) groups excluding carboxylic acids is 1. The van der Waals surface area contributed by atoms with Crippen LogP contribution in [0.2, 0.25) is 0 Å². The van der Waals surface area contributed by atoms with Gasteiger partial charge in [-0.2, -0.15) is 5.10 Å². The zero-order valence-electron chi connectivity index (χ0n) is 17.4. The van der Waals surface area contributed by atoms with Crippen molar-refractivity contribution in [3.05, 3.63) is 77.1 Å². The van der Waals surface area contributed by atoms with E-state index in [2.05, 4.69) is 20.7 Å². The van der Waals surface area contributed by atoms with E-state index >= 15 is 0 Å². The van der Waals surface area contributed by atoms with Gasteiger partial charge < -0.3 is 0 Å². The van der Waals surface area contributed by atoms with Crippen LogP contribution in [-0.4, -0.2) is 30.1 Å². The van der Waals surface area contributed by atoms with E-state index in [1.165, 1.54) is 12.1 Å². The third-order valence-corrected chi connectivity index (χ3v) is 6.57. The van der Waals surface area contributed by atoms with Crippen LogP contribution in [0.25, 0.3) is 0 Å². The number of nitrogens with zero attached hydrogens (tertiary/aromatic N) is 2. The van der Waals surface area contributed by atoms with Crippen molar-refractivity contribution < 1.29 is 13.2 Å². The van der Waals surface area contributed by atoms with Crippen LogP contribution in [0.1, 0.15) is 40.2 Å². The van der Waals surface area contributed by atoms with Crippen molar-refractivity contribution in [3.8, 4) is 0 Å². The van der Waals surface area contributed by atoms with Gasteiger partial charge in [-0.25, -0.2) is 13.1 Å². The van der Waals surface area contributed by atoms with E-state index in [0.29, 0.717) is 17.8 Å². The maximum atomic E-state index is 12.4. The van der Waals surface area contributed by atoms with Crippen LogP contribution < -0.4 is 15.6 Å². The van der Waals surface area contributed by atoms with E-state index in [9.17, 15) is 13.2 Å². The lowest BCUT2D eigenvalue weighted by Crippen LogP contribution is -2.29. The van der Waals surface area contributed by atoms with Crippen molar-refractivity contribution >= 4 is 21.6 Å². The molecule has 0 atom stereocenters. The van der Waals surface area contributed by atoms with Gasteiger partial charge in [0.15, 0.2) is 0 Å². The van der Waals surface area contributed by atoms with Gasteiger partial charge in [0.25, 0.3) is 5.91 Å². The molecule has 9 heteroatoms. The first-order chi connectivity index (χ1) is 14.8. The molecule has 1 fully saturated rings. The summed E-state index contributed by atoms with van der Waals surface area (Å²) >= 11 is 0. The van der Waals surface area contributed by atoms with Crippen LogP contribution in [0, 0.1) is 13.8 Å². The Kier molecular flexibility index (Phi) is 5.79. The highest BCUT2D eigenvalue weighted by atomic mass is 32.2. The lowest BCUT2D eigenvalue weighted by atomic mass is 10.1. The van der Waals surface area contributed by atoms with Crippen LogP contribution in [-0.2, 0) is 16.6 Å². The van der Waals surface area contributed by atoms with Crippen LogP contribution in [0.15, 0.2) is 59.5 Å². The minimum absolute atomic E-state index is 0.0566. The van der Waals surface area contributed by atoms with Gasteiger partial charge in [0.1, 0.15) is 0 Å². The second-order valence-electron chi connectivity index (χ2n) is 7.78. The monoisotopic (exact) mass is 439 g/mol. The number of anilines is 1. The Hall–Kier alpha value is -3.17. The van der Waals surface area contributed by atoms with Crippen LogP contribution in [0.3, 0.4) is 0 Å². The number of hydrazine groups is 1. The first-order valence-corrected chi connectivity index (χ1v) is 11.6. The highest BCUT2D eigenvalue weighted by Gasteiger charge is 2.27. The summed E-state index contributed by atoms with van der Waals surface area (Å²) in [7, 11) is -3.49. The van der Waals surface area contributed by atoms with Crippen LogP contribution in [0.4, 0.5) is 5.69 Å². The number of hydrogen-bond donors (Lipinski definition) is 3. The third kappa shape index (κ3) is 5.31. The van der Waals surface area contributed by atoms with Crippen molar-refractivity contribution in [2.75, 3.05) is 5.43 Å². The molecule has 0 saturated heterocycles. The molecular weight excluding hydrogens is 414 g/mol. The van der Waals surface area contributed by atoms with Crippen molar-refractivity contribution in [1.82, 2.24) is 19.9 Å². The maximum absolute atomic E-state index is 12.4. The number of aromatic nitrogens is 2. The van der Waals surface area contributed by atoms with E-state index in [0.717, 1.165) is 29.8 Å². The van der Waals surface area contributed by atoms with E-state index in [4.69, 9.17) is 0 Å². The van der Waals surface area contributed by atoms with Gasteiger partial charge >= 0.3 is 0 Å². The summed E-state index contributed by atoms with van der Waals surface area (Å²) in [5.74, 6) is -0.287. The number of rotatable bonds is 8. The minimum Gasteiger partial charge on any atom is -0.298 e. The van der Waals surface area contributed by atoms with Gasteiger partial charge in [0.05, 0.1) is 22.8 Å². The number of sulfonamides is 1. The highest BCUT2D eigenvalue weighted by Crippen LogP contribution is 2.22. The smallest absolute Gasteiger partial charge is 0.269 e. The van der Waals surface area contributed by atoms with Crippen molar-refractivity contribution in [1.29, 1.82) is 0 Å². The minimum atomic E-state index is -3.49. The number of carbonyl (C=O) groups is 1. The Labute approximate surface area is 181 Å². The second-order valence-corrected chi connectivity index (χ2v) is 9.49. The van der Waals surface area contributed by atoms with Gasteiger partial charge in [-0.1, -0.05) is 12.1 Å². The maximum Gasteiger partial charge on any atom is 0.269 e. The van der Waals surface area contributed by atoms with E-state index in [-0.39, 0.29) is 16.8 Å². The SMILES string of the molecule is Cc1cc(C)n(Cc2ccc(C(=O)NNc3ccc(S(=O)(=O)NC4CC4)cc3)cc2)n1. The zero-order chi connectivity index (χ0) is 22.0. The molecule has 4 rings (SSSR count). The summed E-state index contributed by atoms with van der Waals surface area (Å²) < 4.78 is 29.0. The van der Waals surface area contributed by atoms with Crippen molar-refractivity contribution in [3.63, 3.8) is 0 Å². The number of aryl methyl sites for hydroxylation is 2. The van der Waals surface area contributed by atoms with E-state index in [1.54, 1.807) is 24.3 Å². The number of nitrogens with one attached hydrogen (secondary N) is 3. The molecule has 1 aliphatic carbocycles. The predicted molar refractivity (Wildman–Crippen MR) is 118 cm³/mol. The van der Waals surface area contributed by atoms with Crippen molar-refractivity contribution in [2.45, 2.75) is 44.2 Å². The Morgan fingerprint density at radius 2 is 1.74 bits per heavy atom. The molecule has 1 heterocycles. The van der Waals surface area contributed by atoms with Crippen molar-refractivity contribution in [2.24, 2.45) is 0 Å². The molecule has 0 radical (unpaired) electrons. The molecule has 1 aliphatic rings. The quantitative estimate of drug-likeness (QED) is 0.468. The van der Waals surface area contributed by atoms with Gasteiger partial charge in [-0.3, -0.25) is 20.3 Å². The van der Waals surface area contributed by atoms with Gasteiger partial charge in [-0.05, 0) is 74.7 Å². The Morgan fingerprint density at radius 3 is 2.32 bits per heavy atom. The molecule has 0 unspecified atom stereocenters. The lowest BCUT2D eigenvalue weighted by molar-refractivity contribution is 0.0962. The highest BCUT2D eigenvalue weighted by molar-refractivity contribution is 7.89. The normalized spacial score (nSPS) is 13.7. The first-order valence-electron chi connectivity index (χ1n) is 10.1. The van der Waals surface area contributed by atoms with Gasteiger partial charge in [0, 0.05) is 17.3 Å². The molecule has 0 bridgehead atoms. The second kappa shape index (κ2) is 8.52. The summed E-state index contributed by atoms with van der Waals surface area (Å²) in [5, 5.41) is 4.45. The predicted octanol–water partition coefficient (Wildman–Crippen LogP) is 2.75.